The Bertz CT molecular complexity index is 611. The van der Waals surface area contributed by atoms with Gasteiger partial charge in [-0.05, 0) is 31.0 Å². The van der Waals surface area contributed by atoms with Crippen LogP contribution in [-0.2, 0) is 13.0 Å². The zero-order valence-electron chi connectivity index (χ0n) is 12.3. The van der Waals surface area contributed by atoms with Gasteiger partial charge in [0.05, 0.1) is 5.69 Å². The van der Waals surface area contributed by atoms with Crippen LogP contribution in [-0.4, -0.2) is 13.1 Å². The Labute approximate surface area is 124 Å². The summed E-state index contributed by atoms with van der Waals surface area (Å²) < 4.78 is 27.9. The van der Waals surface area contributed by atoms with Crippen molar-refractivity contribution in [2.24, 2.45) is 5.73 Å². The highest BCUT2D eigenvalue weighted by Gasteiger charge is 2.15. The molecule has 2 aromatic rings. The Kier molecular flexibility index (Phi) is 4.91. The van der Waals surface area contributed by atoms with E-state index in [0.717, 1.165) is 5.56 Å². The Morgan fingerprint density at radius 3 is 2.29 bits per heavy atom. The van der Waals surface area contributed by atoms with Crippen molar-refractivity contribution < 1.29 is 8.78 Å². The number of halogens is 2. The zero-order valence-corrected chi connectivity index (χ0v) is 12.3. The number of hydrogen-bond acceptors (Lipinski definition) is 2. The van der Waals surface area contributed by atoms with Crippen LogP contribution in [0.2, 0.25) is 0 Å². The average molecular weight is 290 g/mol. The average Bonchev–Trinajstić information content (AvgIpc) is 2.40. The number of hydrogen-bond donors (Lipinski definition) is 1. The molecule has 0 radical (unpaired) electrons. The van der Waals surface area contributed by atoms with Gasteiger partial charge >= 0.3 is 0 Å². The Balaban J connectivity index is 2.30. The van der Waals surface area contributed by atoms with Crippen LogP contribution in [0.3, 0.4) is 0 Å². The summed E-state index contributed by atoms with van der Waals surface area (Å²) in [5, 5.41) is 0. The van der Waals surface area contributed by atoms with Crippen molar-refractivity contribution in [3.63, 3.8) is 0 Å². The fourth-order valence-electron chi connectivity index (χ4n) is 2.46. The van der Waals surface area contributed by atoms with E-state index >= 15 is 0 Å². The summed E-state index contributed by atoms with van der Waals surface area (Å²) in [6.07, 6.45) is 0.578. The molecule has 0 bridgehead atoms. The first-order chi connectivity index (χ1) is 9.99. The lowest BCUT2D eigenvalue weighted by molar-refractivity contribution is 0.598. The molecular formula is C17H20F2N2. The molecule has 0 aliphatic carbocycles. The molecule has 0 saturated heterocycles. The van der Waals surface area contributed by atoms with Crippen molar-refractivity contribution in [3.05, 3.63) is 65.2 Å². The van der Waals surface area contributed by atoms with E-state index in [9.17, 15) is 8.78 Å². The van der Waals surface area contributed by atoms with Gasteiger partial charge in [-0.1, -0.05) is 30.3 Å². The Morgan fingerprint density at radius 1 is 1.00 bits per heavy atom. The zero-order chi connectivity index (χ0) is 15.4. The van der Waals surface area contributed by atoms with Crippen LogP contribution in [0.5, 0.6) is 0 Å². The standard InChI is InChI=1S/C17H20F2N2/c1-12(20)10-13-7-5-9-16(19)17(13)21(2)11-14-6-3-4-8-15(14)18/h3-9,12H,10-11,20H2,1-2H3. The van der Waals surface area contributed by atoms with E-state index in [-0.39, 0.29) is 17.7 Å². The first kappa shape index (κ1) is 15.4. The SMILES string of the molecule is CC(N)Cc1cccc(F)c1N(C)Cc1ccccc1F. The molecule has 2 N–H and O–H groups in total. The number of para-hydroxylation sites is 1. The van der Waals surface area contributed by atoms with Crippen LogP contribution in [0.15, 0.2) is 42.5 Å². The third-order valence-electron chi connectivity index (χ3n) is 3.36. The first-order valence-electron chi connectivity index (χ1n) is 6.96. The van der Waals surface area contributed by atoms with Crippen LogP contribution in [0, 0.1) is 11.6 Å². The molecule has 4 heteroatoms. The van der Waals surface area contributed by atoms with Crippen LogP contribution >= 0.6 is 0 Å². The molecule has 2 nitrogen and oxygen atoms in total. The summed E-state index contributed by atoms with van der Waals surface area (Å²) in [6.45, 7) is 2.19. The third-order valence-corrected chi connectivity index (χ3v) is 3.36. The summed E-state index contributed by atoms with van der Waals surface area (Å²) in [7, 11) is 1.76. The van der Waals surface area contributed by atoms with Crippen molar-refractivity contribution in [1.82, 2.24) is 0 Å². The molecule has 0 heterocycles. The molecule has 0 fully saturated rings. The maximum Gasteiger partial charge on any atom is 0.146 e. The number of nitrogens with zero attached hydrogens (tertiary/aromatic N) is 1. The molecule has 0 saturated carbocycles. The van der Waals surface area contributed by atoms with E-state index in [1.807, 2.05) is 13.0 Å². The minimum absolute atomic E-state index is 0.0626. The second-order valence-electron chi connectivity index (χ2n) is 5.38. The summed E-state index contributed by atoms with van der Waals surface area (Å²) in [5.74, 6) is -0.596. The van der Waals surface area contributed by atoms with E-state index in [4.69, 9.17) is 5.73 Å². The second kappa shape index (κ2) is 6.68. The third kappa shape index (κ3) is 3.79. The fraction of sp³-hybridized carbons (Fsp3) is 0.294. The van der Waals surface area contributed by atoms with Gasteiger partial charge in [0.25, 0.3) is 0 Å². The maximum absolute atomic E-state index is 14.2. The minimum Gasteiger partial charge on any atom is -0.368 e. The molecule has 0 spiro atoms. The normalized spacial score (nSPS) is 12.2. The van der Waals surface area contributed by atoms with E-state index in [1.54, 1.807) is 36.2 Å². The van der Waals surface area contributed by atoms with Gasteiger partial charge in [0.2, 0.25) is 0 Å². The van der Waals surface area contributed by atoms with Gasteiger partial charge in [0.15, 0.2) is 0 Å². The largest absolute Gasteiger partial charge is 0.368 e. The monoisotopic (exact) mass is 290 g/mol. The van der Waals surface area contributed by atoms with E-state index in [0.29, 0.717) is 24.2 Å². The molecule has 1 atom stereocenters. The number of anilines is 1. The van der Waals surface area contributed by atoms with Gasteiger partial charge in [-0.15, -0.1) is 0 Å². The van der Waals surface area contributed by atoms with Crippen molar-refractivity contribution >= 4 is 5.69 Å². The predicted octanol–water partition coefficient (Wildman–Crippen LogP) is 3.49. The maximum atomic E-state index is 14.2. The Hall–Kier alpha value is -1.94. The Morgan fingerprint density at radius 2 is 1.62 bits per heavy atom. The molecule has 0 aliphatic heterocycles. The van der Waals surface area contributed by atoms with Crippen LogP contribution in [0.1, 0.15) is 18.1 Å². The highest BCUT2D eigenvalue weighted by Crippen LogP contribution is 2.26. The number of rotatable bonds is 5. The fourth-order valence-corrected chi connectivity index (χ4v) is 2.46. The van der Waals surface area contributed by atoms with Gasteiger partial charge in [-0.2, -0.15) is 0 Å². The highest BCUT2D eigenvalue weighted by molar-refractivity contribution is 5.55. The lowest BCUT2D eigenvalue weighted by Crippen LogP contribution is -2.23. The highest BCUT2D eigenvalue weighted by atomic mass is 19.1. The van der Waals surface area contributed by atoms with E-state index < -0.39 is 0 Å². The van der Waals surface area contributed by atoms with Gasteiger partial charge in [0.1, 0.15) is 11.6 Å². The molecule has 21 heavy (non-hydrogen) atoms. The van der Waals surface area contributed by atoms with E-state index in [1.165, 1.54) is 12.1 Å². The minimum atomic E-state index is -0.313. The molecular weight excluding hydrogens is 270 g/mol. The van der Waals surface area contributed by atoms with Crippen molar-refractivity contribution in [2.45, 2.75) is 25.9 Å². The van der Waals surface area contributed by atoms with Gasteiger partial charge in [-0.3, -0.25) is 0 Å². The van der Waals surface area contributed by atoms with Gasteiger partial charge in [-0.25, -0.2) is 8.78 Å². The molecule has 0 aromatic heterocycles. The molecule has 0 aliphatic rings. The lowest BCUT2D eigenvalue weighted by Gasteiger charge is -2.24. The quantitative estimate of drug-likeness (QED) is 0.913. The molecule has 2 rings (SSSR count). The first-order valence-corrected chi connectivity index (χ1v) is 6.96. The van der Waals surface area contributed by atoms with Crippen LogP contribution < -0.4 is 10.6 Å². The summed E-state index contributed by atoms with van der Waals surface area (Å²) in [6, 6.07) is 11.4. The summed E-state index contributed by atoms with van der Waals surface area (Å²) >= 11 is 0. The van der Waals surface area contributed by atoms with Crippen molar-refractivity contribution in [1.29, 1.82) is 0 Å². The summed E-state index contributed by atoms with van der Waals surface area (Å²) in [4.78, 5) is 1.73. The van der Waals surface area contributed by atoms with Crippen molar-refractivity contribution in [3.8, 4) is 0 Å². The number of benzene rings is 2. The van der Waals surface area contributed by atoms with Gasteiger partial charge in [0, 0.05) is 25.2 Å². The molecule has 1 unspecified atom stereocenters. The second-order valence-corrected chi connectivity index (χ2v) is 5.38. The summed E-state index contributed by atoms with van der Waals surface area (Å²) in [5.41, 5.74) is 7.68. The lowest BCUT2D eigenvalue weighted by atomic mass is 10.0. The molecule has 2 aromatic carbocycles. The van der Waals surface area contributed by atoms with E-state index in [2.05, 4.69) is 0 Å². The topological polar surface area (TPSA) is 29.3 Å². The van der Waals surface area contributed by atoms with Crippen LogP contribution in [0.25, 0.3) is 0 Å². The number of nitrogens with two attached hydrogens (primary N) is 1. The predicted molar refractivity (Wildman–Crippen MR) is 82.3 cm³/mol. The van der Waals surface area contributed by atoms with Crippen LogP contribution in [0.4, 0.5) is 14.5 Å². The molecule has 0 amide bonds. The molecule has 112 valence electrons. The van der Waals surface area contributed by atoms with Gasteiger partial charge < -0.3 is 10.6 Å². The smallest absolute Gasteiger partial charge is 0.146 e. The van der Waals surface area contributed by atoms with Crippen molar-refractivity contribution in [2.75, 3.05) is 11.9 Å².